The first-order chi connectivity index (χ1) is 12.7. The summed E-state index contributed by atoms with van der Waals surface area (Å²) in [6.07, 6.45) is 9.07. The molecule has 4 aliphatic rings. The van der Waals surface area contributed by atoms with Gasteiger partial charge in [-0.1, -0.05) is 0 Å². The van der Waals surface area contributed by atoms with Gasteiger partial charge < -0.3 is 10.1 Å². The van der Waals surface area contributed by atoms with Crippen molar-refractivity contribution in [3.05, 3.63) is 30.5 Å². The number of benzene rings is 1. The smallest absolute Gasteiger partial charge is 0.230 e. The second-order valence-corrected chi connectivity index (χ2v) is 8.60. The maximum absolute atomic E-state index is 13.4. The van der Waals surface area contributed by atoms with E-state index in [1.54, 1.807) is 6.20 Å². The molecule has 1 aromatic heterocycles. The molecule has 6 rings (SSSR count). The summed E-state index contributed by atoms with van der Waals surface area (Å²) in [5, 5.41) is 4.23. The molecule has 26 heavy (non-hydrogen) atoms. The molecule has 0 aliphatic heterocycles. The highest BCUT2D eigenvalue weighted by Gasteiger charge is 2.54. The first-order valence-corrected chi connectivity index (χ1v) is 9.99. The van der Waals surface area contributed by atoms with E-state index in [0.29, 0.717) is 6.61 Å². The zero-order valence-corrected chi connectivity index (χ0v) is 15.3. The molecule has 1 aromatic carbocycles. The van der Waals surface area contributed by atoms with Gasteiger partial charge in [-0.05, 0) is 87.5 Å². The van der Waals surface area contributed by atoms with Gasteiger partial charge in [-0.3, -0.25) is 9.78 Å². The normalized spacial score (nSPS) is 32.0. The minimum Gasteiger partial charge on any atom is -0.492 e. The Balaban J connectivity index is 1.46. The van der Waals surface area contributed by atoms with Crippen LogP contribution in [0.2, 0.25) is 0 Å². The van der Waals surface area contributed by atoms with Crippen LogP contribution in [0.5, 0.6) is 5.75 Å². The van der Waals surface area contributed by atoms with Crippen LogP contribution in [0.1, 0.15) is 45.4 Å². The van der Waals surface area contributed by atoms with Gasteiger partial charge in [-0.15, -0.1) is 0 Å². The maximum Gasteiger partial charge on any atom is 0.230 e. The van der Waals surface area contributed by atoms with Gasteiger partial charge in [0.15, 0.2) is 0 Å². The van der Waals surface area contributed by atoms with Gasteiger partial charge in [-0.25, -0.2) is 0 Å². The number of nitrogens with one attached hydrogen (secondary N) is 1. The summed E-state index contributed by atoms with van der Waals surface area (Å²) in [6, 6.07) is 7.82. The summed E-state index contributed by atoms with van der Waals surface area (Å²) in [5.41, 5.74) is 1.54. The lowest BCUT2D eigenvalue weighted by Crippen LogP contribution is -2.51. The molecule has 4 fully saturated rings. The molecule has 0 saturated heterocycles. The van der Waals surface area contributed by atoms with Crippen molar-refractivity contribution in [3.63, 3.8) is 0 Å². The van der Waals surface area contributed by atoms with Gasteiger partial charge in [0, 0.05) is 11.6 Å². The highest BCUT2D eigenvalue weighted by Crippen LogP contribution is 2.60. The van der Waals surface area contributed by atoms with Crippen LogP contribution in [0, 0.1) is 23.2 Å². The van der Waals surface area contributed by atoms with Gasteiger partial charge in [0.2, 0.25) is 5.91 Å². The van der Waals surface area contributed by atoms with E-state index in [4.69, 9.17) is 4.74 Å². The maximum atomic E-state index is 13.4. The minimum absolute atomic E-state index is 0.137. The van der Waals surface area contributed by atoms with Crippen molar-refractivity contribution >= 4 is 22.5 Å². The average Bonchev–Trinajstić information content (AvgIpc) is 2.63. The van der Waals surface area contributed by atoms with Crippen molar-refractivity contribution < 1.29 is 9.53 Å². The first kappa shape index (κ1) is 16.1. The van der Waals surface area contributed by atoms with Gasteiger partial charge >= 0.3 is 0 Å². The fourth-order valence-corrected chi connectivity index (χ4v) is 6.17. The summed E-state index contributed by atoms with van der Waals surface area (Å²) in [7, 11) is 0. The third kappa shape index (κ3) is 2.50. The van der Waals surface area contributed by atoms with Crippen LogP contribution < -0.4 is 10.1 Å². The summed E-state index contributed by atoms with van der Waals surface area (Å²) in [4.78, 5) is 17.8. The molecule has 4 heteroatoms. The van der Waals surface area contributed by atoms with Crippen molar-refractivity contribution in [1.82, 2.24) is 4.98 Å². The van der Waals surface area contributed by atoms with E-state index in [1.807, 2.05) is 31.2 Å². The summed E-state index contributed by atoms with van der Waals surface area (Å²) < 4.78 is 5.70. The Labute approximate surface area is 154 Å². The van der Waals surface area contributed by atoms with Crippen LogP contribution in [0.25, 0.3) is 10.9 Å². The molecule has 0 radical (unpaired) electrons. The number of carbonyl (C=O) groups is 1. The Bertz CT molecular complexity index is 825. The van der Waals surface area contributed by atoms with Gasteiger partial charge in [0.25, 0.3) is 0 Å². The molecule has 4 bridgehead atoms. The Kier molecular flexibility index (Phi) is 3.70. The Morgan fingerprint density at radius 1 is 1.15 bits per heavy atom. The first-order valence-electron chi connectivity index (χ1n) is 9.99. The molecule has 0 spiro atoms. The number of rotatable bonds is 4. The molecule has 4 aliphatic carbocycles. The molecule has 1 amide bonds. The summed E-state index contributed by atoms with van der Waals surface area (Å²) in [6.45, 7) is 2.57. The fraction of sp³-hybridized carbons (Fsp3) is 0.545. The minimum atomic E-state index is -0.137. The van der Waals surface area contributed by atoms with Crippen LogP contribution in [0.15, 0.2) is 30.5 Å². The van der Waals surface area contributed by atoms with E-state index in [2.05, 4.69) is 10.3 Å². The number of hydrogen-bond donors (Lipinski definition) is 1. The van der Waals surface area contributed by atoms with E-state index >= 15 is 0 Å². The molecule has 0 unspecified atom stereocenters. The quantitative estimate of drug-likeness (QED) is 0.862. The lowest BCUT2D eigenvalue weighted by molar-refractivity contribution is -0.140. The van der Waals surface area contributed by atoms with Crippen LogP contribution in [0.3, 0.4) is 0 Å². The zero-order valence-electron chi connectivity index (χ0n) is 15.3. The van der Waals surface area contributed by atoms with Crippen molar-refractivity contribution in [2.75, 3.05) is 11.9 Å². The van der Waals surface area contributed by atoms with E-state index < -0.39 is 0 Å². The molecule has 1 heterocycles. The van der Waals surface area contributed by atoms with Crippen LogP contribution in [0.4, 0.5) is 5.69 Å². The lowest BCUT2D eigenvalue weighted by atomic mass is 9.49. The van der Waals surface area contributed by atoms with Crippen molar-refractivity contribution in [3.8, 4) is 5.75 Å². The van der Waals surface area contributed by atoms with E-state index in [1.165, 1.54) is 19.3 Å². The second-order valence-electron chi connectivity index (χ2n) is 8.60. The van der Waals surface area contributed by atoms with Gasteiger partial charge in [-0.2, -0.15) is 0 Å². The van der Waals surface area contributed by atoms with E-state index in [0.717, 1.165) is 59.4 Å². The highest BCUT2D eigenvalue weighted by molar-refractivity contribution is 6.04. The monoisotopic (exact) mass is 350 g/mol. The number of carbonyl (C=O) groups excluding carboxylic acids is 1. The largest absolute Gasteiger partial charge is 0.492 e. The topological polar surface area (TPSA) is 51.2 Å². The fourth-order valence-electron chi connectivity index (χ4n) is 6.17. The third-order valence-electron chi connectivity index (χ3n) is 6.80. The Morgan fingerprint density at radius 2 is 1.85 bits per heavy atom. The molecule has 0 atom stereocenters. The van der Waals surface area contributed by atoms with Crippen molar-refractivity contribution in [1.29, 1.82) is 0 Å². The zero-order chi connectivity index (χ0) is 17.7. The van der Waals surface area contributed by atoms with Gasteiger partial charge in [0.1, 0.15) is 11.3 Å². The molecular formula is C22H26N2O2. The molecule has 1 N–H and O–H groups in total. The number of anilines is 1. The Morgan fingerprint density at radius 3 is 2.50 bits per heavy atom. The van der Waals surface area contributed by atoms with E-state index in [-0.39, 0.29) is 11.3 Å². The standard InChI is InChI=1S/C22H26N2O2/c1-2-26-19-6-5-18(17-4-3-7-23-20(17)19)24-21(25)22-11-14-8-15(12-22)10-16(9-14)13-22/h3-7,14-16H,2,8-13H2,1H3,(H,24,25). The molecular weight excluding hydrogens is 324 g/mol. The Hall–Kier alpha value is -2.10. The number of hydrogen-bond acceptors (Lipinski definition) is 3. The van der Waals surface area contributed by atoms with E-state index in [9.17, 15) is 4.79 Å². The third-order valence-corrected chi connectivity index (χ3v) is 6.80. The summed E-state index contributed by atoms with van der Waals surface area (Å²) in [5.74, 6) is 3.31. The van der Waals surface area contributed by atoms with Crippen molar-refractivity contribution in [2.24, 2.45) is 23.2 Å². The number of ether oxygens (including phenoxy) is 1. The molecule has 136 valence electrons. The van der Waals surface area contributed by atoms with Crippen LogP contribution in [-0.4, -0.2) is 17.5 Å². The highest BCUT2D eigenvalue weighted by atomic mass is 16.5. The lowest BCUT2D eigenvalue weighted by Gasteiger charge is -2.55. The second kappa shape index (κ2) is 5.97. The number of amides is 1. The van der Waals surface area contributed by atoms with Crippen LogP contribution >= 0.6 is 0 Å². The molecule has 4 saturated carbocycles. The number of aromatic nitrogens is 1. The number of pyridine rings is 1. The summed E-state index contributed by atoms with van der Waals surface area (Å²) >= 11 is 0. The average molecular weight is 350 g/mol. The predicted octanol–water partition coefficient (Wildman–Crippen LogP) is 4.79. The van der Waals surface area contributed by atoms with Crippen LogP contribution in [-0.2, 0) is 4.79 Å². The molecule has 2 aromatic rings. The van der Waals surface area contributed by atoms with Crippen molar-refractivity contribution in [2.45, 2.75) is 45.4 Å². The predicted molar refractivity (Wildman–Crippen MR) is 102 cm³/mol. The SMILES string of the molecule is CCOc1ccc(NC(=O)C23CC4CC(CC(C4)C2)C3)c2cccnc12. The molecule has 4 nitrogen and oxygen atoms in total. The number of fused-ring (bicyclic) bond motifs is 1. The van der Waals surface area contributed by atoms with Gasteiger partial charge in [0.05, 0.1) is 17.7 Å². The number of nitrogens with zero attached hydrogens (tertiary/aromatic N) is 1.